The molecule has 1 fully saturated rings. The van der Waals surface area contributed by atoms with Crippen LogP contribution in [0.4, 0.5) is 4.79 Å². The first kappa shape index (κ1) is 21.0. The lowest BCUT2D eigenvalue weighted by molar-refractivity contribution is 0.0975. The second kappa shape index (κ2) is 9.56. The zero-order valence-electron chi connectivity index (χ0n) is 16.1. The van der Waals surface area contributed by atoms with Gasteiger partial charge in [-0.2, -0.15) is 0 Å². The summed E-state index contributed by atoms with van der Waals surface area (Å²) in [5.74, 6) is -0.00993. The number of hydrogen-bond donors (Lipinski definition) is 1. The summed E-state index contributed by atoms with van der Waals surface area (Å²) >= 11 is 3.42. The Bertz CT molecular complexity index is 617. The van der Waals surface area contributed by atoms with Crippen LogP contribution in [0.3, 0.4) is 0 Å². The van der Waals surface area contributed by atoms with E-state index >= 15 is 0 Å². The van der Waals surface area contributed by atoms with Gasteiger partial charge in [0.1, 0.15) is 0 Å². The molecule has 0 aliphatic heterocycles. The van der Waals surface area contributed by atoms with E-state index in [0.29, 0.717) is 0 Å². The van der Waals surface area contributed by atoms with Crippen molar-refractivity contribution in [3.05, 3.63) is 46.1 Å². The first-order valence-electron chi connectivity index (χ1n) is 9.42. The van der Waals surface area contributed by atoms with Crippen LogP contribution in [0.25, 0.3) is 0 Å². The summed E-state index contributed by atoms with van der Waals surface area (Å²) in [5, 5.41) is 10.9. The molecule has 4 nitrogen and oxygen atoms in total. The Labute approximate surface area is 165 Å². The number of benzene rings is 1. The highest BCUT2D eigenvalue weighted by Gasteiger charge is 2.28. The maximum Gasteiger partial charge on any atom is 0.415 e. The molecule has 2 atom stereocenters. The minimum atomic E-state index is -0.584. The number of halogens is 1. The van der Waals surface area contributed by atoms with E-state index in [0.717, 1.165) is 41.3 Å². The van der Waals surface area contributed by atoms with Gasteiger partial charge in [0, 0.05) is 22.5 Å². The monoisotopic (exact) mass is 423 g/mol. The van der Waals surface area contributed by atoms with Crippen LogP contribution >= 0.6 is 15.9 Å². The number of aliphatic hydroxyl groups is 1. The lowest BCUT2D eigenvalue weighted by atomic mass is 9.79. The van der Waals surface area contributed by atoms with E-state index in [9.17, 15) is 9.90 Å². The van der Waals surface area contributed by atoms with E-state index in [1.54, 1.807) is 11.2 Å². The lowest BCUT2D eigenvalue weighted by Crippen LogP contribution is -2.41. The fraction of sp³-hybridized carbons (Fsp3) is 0.571. The molecule has 0 heterocycles. The molecule has 1 aromatic carbocycles. The molecule has 1 amide bonds. The van der Waals surface area contributed by atoms with Gasteiger partial charge in [-0.15, -0.1) is 0 Å². The van der Waals surface area contributed by atoms with E-state index in [-0.39, 0.29) is 24.1 Å². The van der Waals surface area contributed by atoms with E-state index < -0.39 is 6.10 Å². The largest absolute Gasteiger partial charge is 0.418 e. The number of nitrogens with zero attached hydrogens (tertiary/aromatic N) is 1. The van der Waals surface area contributed by atoms with Gasteiger partial charge in [0.15, 0.2) is 0 Å². The summed E-state index contributed by atoms with van der Waals surface area (Å²) in [6.07, 6.45) is 4.57. The van der Waals surface area contributed by atoms with Gasteiger partial charge in [0.2, 0.25) is 0 Å². The minimum absolute atomic E-state index is 0.00993. The van der Waals surface area contributed by atoms with E-state index in [1.807, 2.05) is 52.0 Å². The second-order valence-electron chi connectivity index (χ2n) is 7.52. The topological polar surface area (TPSA) is 49.8 Å². The molecule has 0 bridgehead atoms. The molecule has 1 aliphatic carbocycles. The predicted molar refractivity (Wildman–Crippen MR) is 108 cm³/mol. The van der Waals surface area contributed by atoms with Crippen molar-refractivity contribution in [3.63, 3.8) is 0 Å². The van der Waals surface area contributed by atoms with Crippen molar-refractivity contribution in [2.24, 2.45) is 5.92 Å². The van der Waals surface area contributed by atoms with Gasteiger partial charge < -0.3 is 14.7 Å². The van der Waals surface area contributed by atoms with Crippen LogP contribution < -0.4 is 0 Å². The first-order chi connectivity index (χ1) is 12.3. The van der Waals surface area contributed by atoms with Crippen molar-refractivity contribution >= 4 is 22.0 Å². The quantitative estimate of drug-likeness (QED) is 0.607. The summed E-state index contributed by atoms with van der Waals surface area (Å²) < 4.78 is 6.50. The SMILES string of the molecule is CC(C)N(C(=O)O/C=C1\CCCC[C@@H]1[C@H](O)c1ccc(Br)cc1)C(C)C. The minimum Gasteiger partial charge on any atom is -0.418 e. The van der Waals surface area contributed by atoms with Crippen LogP contribution in [0.1, 0.15) is 65.0 Å². The van der Waals surface area contributed by atoms with Gasteiger partial charge in [-0.3, -0.25) is 0 Å². The number of carbonyl (C=O) groups is 1. The number of hydrogen-bond acceptors (Lipinski definition) is 3. The molecule has 1 aliphatic rings. The van der Waals surface area contributed by atoms with Gasteiger partial charge in [0.05, 0.1) is 12.4 Å². The zero-order valence-corrected chi connectivity index (χ0v) is 17.7. The van der Waals surface area contributed by atoms with Crippen LogP contribution in [-0.4, -0.2) is 28.2 Å². The maximum absolute atomic E-state index is 12.4. The molecule has 1 N–H and O–H groups in total. The molecule has 0 radical (unpaired) electrons. The summed E-state index contributed by atoms with van der Waals surface area (Å²) in [5.41, 5.74) is 1.91. The van der Waals surface area contributed by atoms with Crippen LogP contribution in [0.2, 0.25) is 0 Å². The summed E-state index contributed by atoms with van der Waals surface area (Å²) in [4.78, 5) is 14.2. The average molecular weight is 424 g/mol. The smallest absolute Gasteiger partial charge is 0.415 e. The Balaban J connectivity index is 2.13. The van der Waals surface area contributed by atoms with Crippen molar-refractivity contribution in [3.8, 4) is 0 Å². The number of amides is 1. The van der Waals surface area contributed by atoms with Crippen molar-refractivity contribution in [1.82, 2.24) is 4.90 Å². The lowest BCUT2D eigenvalue weighted by Gasteiger charge is -2.31. The molecule has 26 heavy (non-hydrogen) atoms. The first-order valence-corrected chi connectivity index (χ1v) is 10.2. The summed E-state index contributed by atoms with van der Waals surface area (Å²) in [6.45, 7) is 7.93. The molecule has 0 spiro atoms. The summed E-state index contributed by atoms with van der Waals surface area (Å²) in [7, 11) is 0. The fourth-order valence-corrected chi connectivity index (χ4v) is 3.93. The fourth-order valence-electron chi connectivity index (χ4n) is 3.67. The van der Waals surface area contributed by atoms with Crippen LogP contribution in [0.5, 0.6) is 0 Å². The highest BCUT2D eigenvalue weighted by molar-refractivity contribution is 9.10. The van der Waals surface area contributed by atoms with Crippen molar-refractivity contribution < 1.29 is 14.6 Å². The molecular formula is C21H30BrNO3. The number of aliphatic hydroxyl groups excluding tert-OH is 1. The van der Waals surface area contributed by atoms with Crippen molar-refractivity contribution in [2.75, 3.05) is 0 Å². The third kappa shape index (κ3) is 5.34. The molecule has 1 aromatic rings. The molecule has 5 heteroatoms. The van der Waals surface area contributed by atoms with E-state index in [1.165, 1.54) is 0 Å². The highest BCUT2D eigenvalue weighted by Crippen LogP contribution is 2.38. The van der Waals surface area contributed by atoms with E-state index in [4.69, 9.17) is 4.74 Å². The van der Waals surface area contributed by atoms with Gasteiger partial charge in [-0.05, 0) is 70.2 Å². The van der Waals surface area contributed by atoms with E-state index in [2.05, 4.69) is 15.9 Å². The summed E-state index contributed by atoms with van der Waals surface area (Å²) in [6, 6.07) is 7.91. The van der Waals surface area contributed by atoms with Crippen LogP contribution in [-0.2, 0) is 4.74 Å². The normalized spacial score (nSPS) is 20.5. The van der Waals surface area contributed by atoms with Gasteiger partial charge in [-0.25, -0.2) is 4.79 Å². The number of rotatable bonds is 5. The molecular weight excluding hydrogens is 394 g/mol. The maximum atomic E-state index is 12.4. The Morgan fingerprint density at radius 2 is 1.81 bits per heavy atom. The van der Waals surface area contributed by atoms with Gasteiger partial charge in [-0.1, -0.05) is 34.5 Å². The van der Waals surface area contributed by atoms with Gasteiger partial charge >= 0.3 is 6.09 Å². The second-order valence-corrected chi connectivity index (χ2v) is 8.44. The molecule has 0 aromatic heterocycles. The molecule has 1 saturated carbocycles. The zero-order chi connectivity index (χ0) is 19.3. The van der Waals surface area contributed by atoms with Gasteiger partial charge in [0.25, 0.3) is 0 Å². The van der Waals surface area contributed by atoms with Crippen molar-refractivity contribution in [2.45, 2.75) is 71.6 Å². The molecule has 144 valence electrons. The van der Waals surface area contributed by atoms with Crippen molar-refractivity contribution in [1.29, 1.82) is 0 Å². The Morgan fingerprint density at radius 3 is 2.38 bits per heavy atom. The molecule has 2 rings (SSSR count). The molecule has 0 saturated heterocycles. The number of ether oxygens (including phenoxy) is 1. The molecule has 0 unspecified atom stereocenters. The van der Waals surface area contributed by atoms with Crippen LogP contribution in [0, 0.1) is 5.92 Å². The third-order valence-electron chi connectivity index (χ3n) is 4.93. The van der Waals surface area contributed by atoms with Crippen LogP contribution in [0.15, 0.2) is 40.6 Å². The Hall–Kier alpha value is -1.33. The Morgan fingerprint density at radius 1 is 1.19 bits per heavy atom. The standard InChI is InChI=1S/C21H30BrNO3/c1-14(2)23(15(3)4)21(25)26-13-17-7-5-6-8-19(17)20(24)16-9-11-18(22)12-10-16/h9-15,19-20,24H,5-8H2,1-4H3/b17-13+/t19-,20+/m0/s1. The number of carbonyl (C=O) groups excluding carboxylic acids is 1. The average Bonchev–Trinajstić information content (AvgIpc) is 2.59. The highest BCUT2D eigenvalue weighted by atomic mass is 79.9. The third-order valence-corrected chi connectivity index (χ3v) is 5.46. The predicted octanol–water partition coefficient (Wildman–Crippen LogP) is 5.81. The Kier molecular flexibility index (Phi) is 7.71.